The van der Waals surface area contributed by atoms with Gasteiger partial charge in [-0.3, -0.25) is 10.2 Å². The Bertz CT molecular complexity index is 847. The van der Waals surface area contributed by atoms with Crippen molar-refractivity contribution in [3.8, 4) is 11.5 Å². The monoisotopic (exact) mass is 377 g/mol. The van der Waals surface area contributed by atoms with Gasteiger partial charge in [-0.1, -0.05) is 6.07 Å². The van der Waals surface area contributed by atoms with E-state index in [9.17, 15) is 13.6 Å². The van der Waals surface area contributed by atoms with Crippen molar-refractivity contribution in [2.24, 2.45) is 0 Å². The smallest absolute Gasteiger partial charge is 0.252 e. The summed E-state index contributed by atoms with van der Waals surface area (Å²) < 4.78 is 37.1. The van der Waals surface area contributed by atoms with Crippen LogP contribution in [-0.4, -0.2) is 32.3 Å². The van der Waals surface area contributed by atoms with Crippen molar-refractivity contribution < 1.29 is 23.0 Å². The minimum Gasteiger partial charge on any atom is -0.493 e. The normalized spacial score (nSPS) is 21.7. The second-order valence-electron chi connectivity index (χ2n) is 6.30. The molecular weight excluding hydrogens is 356 g/mol. The van der Waals surface area contributed by atoms with Crippen molar-refractivity contribution >= 4 is 5.91 Å². The summed E-state index contributed by atoms with van der Waals surface area (Å²) in [5.41, 5.74) is 7.08. The highest BCUT2D eigenvalue weighted by atomic mass is 19.2. The van der Waals surface area contributed by atoms with Gasteiger partial charge in [-0.25, -0.2) is 14.2 Å². The molecule has 8 heteroatoms. The molecule has 3 N–H and O–H groups in total. The molecule has 2 aromatic carbocycles. The van der Waals surface area contributed by atoms with Crippen molar-refractivity contribution in [1.82, 2.24) is 16.2 Å². The highest BCUT2D eigenvalue weighted by Gasteiger charge is 2.36. The molecule has 0 radical (unpaired) electrons. The largest absolute Gasteiger partial charge is 0.493 e. The molecule has 1 fully saturated rings. The van der Waals surface area contributed by atoms with Crippen LogP contribution in [0.25, 0.3) is 0 Å². The first-order chi connectivity index (χ1) is 12.9. The Morgan fingerprint density at radius 3 is 2.41 bits per heavy atom. The Hall–Kier alpha value is -2.71. The van der Waals surface area contributed by atoms with Gasteiger partial charge in [-0.15, -0.1) is 0 Å². The fourth-order valence-electron chi connectivity index (χ4n) is 3.22. The first kappa shape index (κ1) is 19.1. The molecule has 1 amide bonds. The Balaban J connectivity index is 1.83. The van der Waals surface area contributed by atoms with E-state index >= 15 is 0 Å². The summed E-state index contributed by atoms with van der Waals surface area (Å²) in [5.74, 6) is -1.50. The highest BCUT2D eigenvalue weighted by molar-refractivity contribution is 5.94. The first-order valence-electron chi connectivity index (χ1n) is 8.43. The standard InChI is InChI=1S/C19H21F2N3O3/c1-10-17(11-5-7-15(26-2)16(9-11)27-3)18(24-23-10)22-19(25)12-4-6-13(20)14(21)8-12/h4-10,17-18,23-24H,1-3H3,(H,22,25). The first-order valence-corrected chi connectivity index (χ1v) is 8.43. The van der Waals surface area contributed by atoms with Crippen LogP contribution in [0.4, 0.5) is 8.78 Å². The van der Waals surface area contributed by atoms with Crippen LogP contribution in [-0.2, 0) is 0 Å². The van der Waals surface area contributed by atoms with Crippen LogP contribution in [0, 0.1) is 11.6 Å². The van der Waals surface area contributed by atoms with Gasteiger partial charge < -0.3 is 14.8 Å². The molecule has 0 spiro atoms. The summed E-state index contributed by atoms with van der Waals surface area (Å²) in [5, 5.41) is 2.81. The Labute approximate surface area is 155 Å². The van der Waals surface area contributed by atoms with E-state index in [0.717, 1.165) is 17.7 Å². The molecule has 0 saturated carbocycles. The van der Waals surface area contributed by atoms with Crippen LogP contribution in [0.2, 0.25) is 0 Å². The van der Waals surface area contributed by atoms with E-state index in [0.29, 0.717) is 11.5 Å². The van der Waals surface area contributed by atoms with Gasteiger partial charge >= 0.3 is 0 Å². The van der Waals surface area contributed by atoms with Crippen LogP contribution in [0.15, 0.2) is 36.4 Å². The Morgan fingerprint density at radius 2 is 1.74 bits per heavy atom. The molecule has 0 bridgehead atoms. The molecule has 27 heavy (non-hydrogen) atoms. The minimum absolute atomic E-state index is 0.00152. The summed E-state index contributed by atoms with van der Waals surface area (Å²) in [6.07, 6.45) is -0.460. The zero-order valence-electron chi connectivity index (χ0n) is 15.2. The van der Waals surface area contributed by atoms with Gasteiger partial charge in [-0.05, 0) is 42.8 Å². The summed E-state index contributed by atoms with van der Waals surface area (Å²) >= 11 is 0. The van der Waals surface area contributed by atoms with E-state index in [1.165, 1.54) is 6.07 Å². The summed E-state index contributed by atoms with van der Waals surface area (Å²) in [6, 6.07) is 8.59. The lowest BCUT2D eigenvalue weighted by atomic mass is 9.91. The predicted octanol–water partition coefficient (Wildman–Crippen LogP) is 2.32. The third-order valence-corrected chi connectivity index (χ3v) is 4.63. The molecule has 6 nitrogen and oxygen atoms in total. The maximum absolute atomic E-state index is 13.4. The van der Waals surface area contributed by atoms with Gasteiger partial charge in [0.1, 0.15) is 6.17 Å². The predicted molar refractivity (Wildman–Crippen MR) is 95.6 cm³/mol. The zero-order chi connectivity index (χ0) is 19.6. The average molecular weight is 377 g/mol. The van der Waals surface area contributed by atoms with Gasteiger partial charge in [0.15, 0.2) is 23.1 Å². The molecule has 1 aliphatic heterocycles. The summed E-state index contributed by atoms with van der Waals surface area (Å²) in [7, 11) is 3.11. The van der Waals surface area contributed by atoms with Crippen molar-refractivity contribution in [3.05, 3.63) is 59.2 Å². The van der Waals surface area contributed by atoms with Gasteiger partial charge in [0.25, 0.3) is 5.91 Å². The molecule has 3 atom stereocenters. The number of benzene rings is 2. The molecule has 3 rings (SSSR count). The fraction of sp³-hybridized carbons (Fsp3) is 0.316. The average Bonchev–Trinajstić information content (AvgIpc) is 3.03. The van der Waals surface area contributed by atoms with Crippen LogP contribution >= 0.6 is 0 Å². The van der Waals surface area contributed by atoms with Gasteiger partial charge in [0, 0.05) is 17.5 Å². The van der Waals surface area contributed by atoms with Crippen molar-refractivity contribution in [2.75, 3.05) is 14.2 Å². The Morgan fingerprint density at radius 1 is 1.00 bits per heavy atom. The lowest BCUT2D eigenvalue weighted by molar-refractivity contribution is 0.0928. The number of amides is 1. The third-order valence-electron chi connectivity index (χ3n) is 4.63. The van der Waals surface area contributed by atoms with Crippen molar-refractivity contribution in [3.63, 3.8) is 0 Å². The lowest BCUT2D eigenvalue weighted by Gasteiger charge is -2.23. The van der Waals surface area contributed by atoms with Gasteiger partial charge in [0.05, 0.1) is 14.2 Å². The van der Waals surface area contributed by atoms with Gasteiger partial charge in [-0.2, -0.15) is 0 Å². The third kappa shape index (κ3) is 3.86. The molecule has 1 heterocycles. The number of halogens is 2. The molecule has 0 aromatic heterocycles. The zero-order valence-corrected chi connectivity index (χ0v) is 15.2. The molecule has 2 aromatic rings. The fourth-order valence-corrected chi connectivity index (χ4v) is 3.22. The maximum atomic E-state index is 13.4. The number of carbonyl (C=O) groups excluding carboxylic acids is 1. The quantitative estimate of drug-likeness (QED) is 0.746. The van der Waals surface area contributed by atoms with Gasteiger partial charge in [0.2, 0.25) is 0 Å². The highest BCUT2D eigenvalue weighted by Crippen LogP contribution is 2.34. The number of carbonyl (C=O) groups is 1. The molecule has 3 unspecified atom stereocenters. The number of ether oxygens (including phenoxy) is 2. The van der Waals surface area contributed by atoms with Crippen molar-refractivity contribution in [2.45, 2.75) is 25.0 Å². The topological polar surface area (TPSA) is 71.6 Å². The van der Waals surface area contributed by atoms with Crippen molar-refractivity contribution in [1.29, 1.82) is 0 Å². The van der Waals surface area contributed by atoms with Crippen LogP contribution in [0.5, 0.6) is 11.5 Å². The molecule has 0 aliphatic carbocycles. The summed E-state index contributed by atoms with van der Waals surface area (Å²) in [4.78, 5) is 12.5. The van der Waals surface area contributed by atoms with E-state index in [2.05, 4.69) is 16.2 Å². The lowest BCUT2D eigenvalue weighted by Crippen LogP contribution is -2.46. The number of methoxy groups -OCH3 is 2. The van der Waals surface area contributed by atoms with E-state index in [-0.39, 0.29) is 17.5 Å². The number of rotatable bonds is 5. The number of hydrazine groups is 1. The molecule has 1 saturated heterocycles. The second kappa shape index (κ2) is 7.89. The van der Waals surface area contributed by atoms with E-state index < -0.39 is 23.7 Å². The maximum Gasteiger partial charge on any atom is 0.252 e. The summed E-state index contributed by atoms with van der Waals surface area (Å²) in [6.45, 7) is 1.97. The van der Waals surface area contributed by atoms with E-state index in [1.54, 1.807) is 20.3 Å². The second-order valence-corrected chi connectivity index (χ2v) is 6.30. The van der Waals surface area contributed by atoms with Crippen LogP contribution in [0.3, 0.4) is 0 Å². The van der Waals surface area contributed by atoms with Crippen LogP contribution < -0.4 is 25.6 Å². The minimum atomic E-state index is -1.06. The number of hydrogen-bond acceptors (Lipinski definition) is 5. The number of nitrogens with one attached hydrogen (secondary N) is 3. The molecular formula is C19H21F2N3O3. The Kier molecular flexibility index (Phi) is 5.57. The van der Waals surface area contributed by atoms with E-state index in [1.807, 2.05) is 19.1 Å². The SMILES string of the molecule is COc1ccc(C2C(C)NNC2NC(=O)c2ccc(F)c(F)c2)cc1OC. The molecule has 1 aliphatic rings. The van der Waals surface area contributed by atoms with E-state index in [4.69, 9.17) is 9.47 Å². The van der Waals surface area contributed by atoms with Crippen LogP contribution in [0.1, 0.15) is 28.8 Å². The molecule has 144 valence electrons. The number of hydrogen-bond donors (Lipinski definition) is 3.